The lowest BCUT2D eigenvalue weighted by Crippen LogP contribution is -2.06. The fraction of sp³-hybridized carbons (Fsp3) is 0.182. The first-order chi connectivity index (χ1) is 14.7. The van der Waals surface area contributed by atoms with E-state index in [1.807, 2.05) is 12.1 Å². The number of benzene rings is 2. The Morgan fingerprint density at radius 3 is 2.50 bits per heavy atom. The van der Waals surface area contributed by atoms with Gasteiger partial charge in [-0.1, -0.05) is 18.2 Å². The monoisotopic (exact) mass is 398 g/mol. The summed E-state index contributed by atoms with van der Waals surface area (Å²) in [5.74, 6) is 0.925. The van der Waals surface area contributed by atoms with Crippen molar-refractivity contribution in [2.75, 3.05) is 11.5 Å². The van der Waals surface area contributed by atoms with E-state index in [1.54, 1.807) is 18.5 Å². The number of aryl methyl sites for hydroxylation is 1. The van der Waals surface area contributed by atoms with Gasteiger partial charge in [0.1, 0.15) is 0 Å². The van der Waals surface area contributed by atoms with Crippen molar-refractivity contribution >= 4 is 23.0 Å². The summed E-state index contributed by atoms with van der Waals surface area (Å²) in [6.45, 7) is 0. The lowest BCUT2D eigenvalue weighted by Gasteiger charge is -2.21. The Balaban J connectivity index is 1.55. The highest BCUT2D eigenvalue weighted by Gasteiger charge is 2.19. The van der Waals surface area contributed by atoms with Gasteiger partial charge < -0.3 is 11.5 Å². The molecule has 2 heterocycles. The summed E-state index contributed by atoms with van der Waals surface area (Å²) in [5, 5.41) is 22.0. The average Bonchev–Trinajstić information content (AvgIpc) is 3.44. The van der Waals surface area contributed by atoms with E-state index in [2.05, 4.69) is 48.8 Å². The quantitative estimate of drug-likeness (QED) is 0.286. The van der Waals surface area contributed by atoms with Crippen molar-refractivity contribution < 1.29 is 0 Å². The number of azo groups is 1. The first-order valence-corrected chi connectivity index (χ1v) is 9.96. The fourth-order valence-electron chi connectivity index (χ4n) is 4.15. The van der Waals surface area contributed by atoms with Crippen LogP contribution in [0.15, 0.2) is 59.0 Å². The molecule has 0 spiro atoms. The molecule has 1 aliphatic rings. The zero-order chi connectivity index (χ0) is 20.5. The second-order valence-corrected chi connectivity index (χ2v) is 7.44. The van der Waals surface area contributed by atoms with Crippen LogP contribution in [0, 0.1) is 0 Å². The molecule has 4 aromatic rings. The van der Waals surface area contributed by atoms with Crippen molar-refractivity contribution in [3.8, 4) is 22.3 Å². The van der Waals surface area contributed by atoms with Gasteiger partial charge in [-0.3, -0.25) is 10.2 Å². The zero-order valence-corrected chi connectivity index (χ0v) is 16.4. The minimum Gasteiger partial charge on any atom is -0.398 e. The number of anilines is 2. The lowest BCUT2D eigenvalue weighted by atomic mass is 9.84. The predicted molar refractivity (Wildman–Crippen MR) is 118 cm³/mol. The molecule has 0 aliphatic heterocycles. The van der Waals surface area contributed by atoms with E-state index in [4.69, 9.17) is 11.5 Å². The van der Waals surface area contributed by atoms with Gasteiger partial charge in [0.25, 0.3) is 0 Å². The third-order valence-electron chi connectivity index (χ3n) is 5.53. The van der Waals surface area contributed by atoms with Crippen LogP contribution in [0.4, 0.5) is 23.0 Å². The van der Waals surface area contributed by atoms with Crippen LogP contribution in [-0.2, 0) is 12.8 Å². The molecule has 0 fully saturated rings. The highest BCUT2D eigenvalue weighted by Crippen LogP contribution is 2.41. The Labute approximate surface area is 173 Å². The molecular weight excluding hydrogens is 376 g/mol. The second kappa shape index (κ2) is 7.47. The molecule has 0 radical (unpaired) electrons. The fourth-order valence-corrected chi connectivity index (χ4v) is 4.15. The van der Waals surface area contributed by atoms with Crippen LogP contribution in [0.25, 0.3) is 22.3 Å². The molecule has 5 rings (SSSR count). The van der Waals surface area contributed by atoms with Gasteiger partial charge in [-0.15, -0.1) is 10.2 Å². The summed E-state index contributed by atoms with van der Waals surface area (Å²) in [7, 11) is 0. The molecule has 0 saturated heterocycles. The molecule has 2 aromatic carbocycles. The molecule has 6 N–H and O–H groups in total. The van der Waals surface area contributed by atoms with Crippen molar-refractivity contribution in [3.05, 3.63) is 59.9 Å². The largest absolute Gasteiger partial charge is 0.398 e. The molecule has 8 nitrogen and oxygen atoms in total. The summed E-state index contributed by atoms with van der Waals surface area (Å²) in [5.41, 5.74) is 20.7. The lowest BCUT2D eigenvalue weighted by molar-refractivity contribution is 0.687. The number of fused-ring (bicyclic) bond motifs is 1. The van der Waals surface area contributed by atoms with Crippen molar-refractivity contribution in [1.82, 2.24) is 20.4 Å². The number of hydrogen-bond donors (Lipinski definition) is 4. The average molecular weight is 398 g/mol. The maximum Gasteiger partial charge on any atom is 0.203 e. The molecule has 150 valence electrons. The Bertz CT molecular complexity index is 1200. The molecule has 2 aromatic heterocycles. The second-order valence-electron chi connectivity index (χ2n) is 7.44. The molecule has 30 heavy (non-hydrogen) atoms. The molecule has 0 saturated carbocycles. The smallest absolute Gasteiger partial charge is 0.203 e. The van der Waals surface area contributed by atoms with E-state index in [0.717, 1.165) is 35.1 Å². The summed E-state index contributed by atoms with van der Waals surface area (Å²) in [4.78, 5) is 0. The van der Waals surface area contributed by atoms with Crippen LogP contribution in [0.5, 0.6) is 0 Å². The molecule has 1 aliphatic carbocycles. The highest BCUT2D eigenvalue weighted by molar-refractivity contribution is 5.93. The van der Waals surface area contributed by atoms with Gasteiger partial charge in [-0.05, 0) is 60.1 Å². The summed E-state index contributed by atoms with van der Waals surface area (Å²) < 4.78 is 0. The van der Waals surface area contributed by atoms with Crippen LogP contribution in [0.1, 0.15) is 24.0 Å². The molecule has 0 unspecified atom stereocenters. The summed E-state index contributed by atoms with van der Waals surface area (Å²) >= 11 is 0. The number of nitrogen functional groups attached to an aromatic ring is 2. The predicted octanol–water partition coefficient (Wildman–Crippen LogP) is 4.93. The summed E-state index contributed by atoms with van der Waals surface area (Å²) in [6, 6.07) is 12.0. The third-order valence-corrected chi connectivity index (χ3v) is 5.53. The summed E-state index contributed by atoms with van der Waals surface area (Å²) in [6.07, 6.45) is 8.04. The number of hydrogen-bond acceptors (Lipinski definition) is 6. The maximum atomic E-state index is 6.52. The Hall–Kier alpha value is -3.94. The van der Waals surface area contributed by atoms with Crippen molar-refractivity contribution in [1.29, 1.82) is 0 Å². The SMILES string of the molecule is Nc1cc(-c2c[nH]nc2N=Nc2cc[nH]n2)cc(N)c1-c1cccc2c1CCCC2. The van der Waals surface area contributed by atoms with Gasteiger partial charge in [-0.25, -0.2) is 0 Å². The Kier molecular flexibility index (Phi) is 4.51. The molecular formula is C22H22N8. The highest BCUT2D eigenvalue weighted by atomic mass is 15.3. The number of H-pyrrole nitrogens is 2. The third kappa shape index (κ3) is 3.22. The van der Waals surface area contributed by atoms with Crippen molar-refractivity contribution in [2.45, 2.75) is 25.7 Å². The number of rotatable bonds is 4. The zero-order valence-electron chi connectivity index (χ0n) is 16.4. The van der Waals surface area contributed by atoms with Crippen molar-refractivity contribution in [2.24, 2.45) is 10.2 Å². The van der Waals surface area contributed by atoms with E-state index in [1.165, 1.54) is 24.0 Å². The number of aromatic amines is 2. The van der Waals surface area contributed by atoms with E-state index < -0.39 is 0 Å². The molecule has 0 bridgehead atoms. The van der Waals surface area contributed by atoms with Gasteiger partial charge in [0.15, 0.2) is 5.82 Å². The number of nitrogens with two attached hydrogens (primary N) is 2. The number of nitrogens with zero attached hydrogens (tertiary/aromatic N) is 4. The van der Waals surface area contributed by atoms with Crippen LogP contribution >= 0.6 is 0 Å². The van der Waals surface area contributed by atoms with Crippen LogP contribution in [-0.4, -0.2) is 20.4 Å². The first kappa shape index (κ1) is 18.1. The minimum absolute atomic E-state index is 0.446. The van der Waals surface area contributed by atoms with Gasteiger partial charge >= 0.3 is 0 Å². The van der Waals surface area contributed by atoms with Gasteiger partial charge in [-0.2, -0.15) is 10.2 Å². The van der Waals surface area contributed by atoms with Crippen LogP contribution < -0.4 is 11.5 Å². The standard InChI is InChI=1S/C22H22N8/c23-18-10-14(17-12-26-29-22(17)30-28-20-8-9-25-27-20)11-19(24)21(18)16-7-3-5-13-4-1-2-6-15(13)16/h3,5,7-12H,1-2,4,6,23-24H2,(H,25,27)(H,26,29). The van der Waals surface area contributed by atoms with Gasteiger partial charge in [0.2, 0.25) is 5.82 Å². The Morgan fingerprint density at radius 1 is 0.867 bits per heavy atom. The van der Waals surface area contributed by atoms with E-state index >= 15 is 0 Å². The number of aromatic nitrogens is 4. The van der Waals surface area contributed by atoms with Crippen LogP contribution in [0.3, 0.4) is 0 Å². The van der Waals surface area contributed by atoms with Crippen LogP contribution in [0.2, 0.25) is 0 Å². The van der Waals surface area contributed by atoms with Crippen molar-refractivity contribution in [3.63, 3.8) is 0 Å². The molecule has 0 amide bonds. The molecule has 8 heteroatoms. The Morgan fingerprint density at radius 2 is 1.70 bits per heavy atom. The number of nitrogens with one attached hydrogen (secondary N) is 2. The maximum absolute atomic E-state index is 6.52. The molecule has 0 atom stereocenters. The van der Waals surface area contributed by atoms with Gasteiger partial charge in [0, 0.05) is 41.0 Å². The van der Waals surface area contributed by atoms with E-state index in [0.29, 0.717) is 23.0 Å². The van der Waals surface area contributed by atoms with E-state index in [9.17, 15) is 0 Å². The topological polar surface area (TPSA) is 134 Å². The normalized spacial score (nSPS) is 13.6. The van der Waals surface area contributed by atoms with E-state index in [-0.39, 0.29) is 0 Å². The first-order valence-electron chi connectivity index (χ1n) is 9.96. The minimum atomic E-state index is 0.446. The van der Waals surface area contributed by atoms with Gasteiger partial charge in [0.05, 0.1) is 0 Å².